The van der Waals surface area contributed by atoms with Crippen LogP contribution in [0.15, 0.2) is 16.9 Å². The van der Waals surface area contributed by atoms with Crippen molar-refractivity contribution in [2.75, 3.05) is 19.8 Å². The van der Waals surface area contributed by atoms with Crippen LogP contribution in [0.2, 0.25) is 0 Å². The number of fused-ring (bicyclic) bond motifs is 5. The highest BCUT2D eigenvalue weighted by atomic mass is 16.5. The summed E-state index contributed by atoms with van der Waals surface area (Å²) in [6, 6.07) is 0. The molecule has 1 aromatic heterocycles. The molecule has 5 atom stereocenters. The van der Waals surface area contributed by atoms with E-state index in [1.54, 1.807) is 12.5 Å². The van der Waals surface area contributed by atoms with Gasteiger partial charge in [0.1, 0.15) is 0 Å². The molecule has 2 fully saturated rings. The van der Waals surface area contributed by atoms with Crippen LogP contribution in [0.5, 0.6) is 0 Å². The average molecular weight is 334 g/mol. The third-order valence-corrected chi connectivity index (χ3v) is 7.48. The maximum atomic E-state index is 12.4. The van der Waals surface area contributed by atoms with Crippen LogP contribution in [0.3, 0.4) is 0 Å². The van der Waals surface area contributed by atoms with Crippen molar-refractivity contribution in [3.8, 4) is 0 Å². The first-order chi connectivity index (χ1) is 11.4. The molecule has 1 aliphatic heterocycles. The van der Waals surface area contributed by atoms with E-state index in [2.05, 4.69) is 6.92 Å². The van der Waals surface area contributed by atoms with Crippen LogP contribution in [0.25, 0.3) is 0 Å². The van der Waals surface area contributed by atoms with E-state index in [-0.39, 0.29) is 41.8 Å². The maximum Gasteiger partial charge on any atom is 0.314 e. The second-order valence-electron chi connectivity index (χ2n) is 8.47. The highest BCUT2D eigenvalue weighted by molar-refractivity contribution is 5.78. The van der Waals surface area contributed by atoms with Gasteiger partial charge in [-0.2, -0.15) is 0 Å². The number of esters is 1. The Bertz CT molecular complexity index is 666. The van der Waals surface area contributed by atoms with E-state index in [4.69, 9.17) is 9.15 Å². The molecular weight excluding hydrogens is 308 g/mol. The molecule has 3 aliphatic rings. The summed E-state index contributed by atoms with van der Waals surface area (Å²) in [5.41, 5.74) is 0.891. The summed E-state index contributed by atoms with van der Waals surface area (Å²) in [5.74, 6) is -0.0176. The summed E-state index contributed by atoms with van der Waals surface area (Å²) in [6.07, 6.45) is 7.06. The Kier molecular flexibility index (Phi) is 3.42. The first-order valence-corrected chi connectivity index (χ1v) is 8.87. The smallest absolute Gasteiger partial charge is 0.314 e. The first kappa shape index (κ1) is 16.2. The molecule has 5 heteroatoms. The second-order valence-corrected chi connectivity index (χ2v) is 8.47. The number of hydrogen-bond donors (Lipinski definition) is 2. The van der Waals surface area contributed by atoms with Gasteiger partial charge in [-0.15, -0.1) is 0 Å². The zero-order chi connectivity index (χ0) is 17.2. The quantitative estimate of drug-likeness (QED) is 0.809. The number of rotatable bonds is 2. The highest BCUT2D eigenvalue weighted by Crippen LogP contribution is 2.64. The number of cyclic esters (lactones) is 1. The number of carbonyl (C=O) groups excluding carboxylic acids is 1. The second kappa shape index (κ2) is 5.09. The Labute approximate surface area is 142 Å². The van der Waals surface area contributed by atoms with Crippen LogP contribution in [-0.2, 0) is 21.4 Å². The molecule has 24 heavy (non-hydrogen) atoms. The zero-order valence-electron chi connectivity index (χ0n) is 14.4. The van der Waals surface area contributed by atoms with Crippen LogP contribution in [-0.4, -0.2) is 36.0 Å². The number of furan rings is 1. The molecule has 1 aromatic rings. The molecule has 0 radical (unpaired) electrons. The van der Waals surface area contributed by atoms with Gasteiger partial charge in [0.05, 0.1) is 37.8 Å². The number of hydrogen-bond acceptors (Lipinski definition) is 5. The molecule has 2 heterocycles. The monoisotopic (exact) mass is 334 g/mol. The number of aliphatic hydroxyl groups is 2. The van der Waals surface area contributed by atoms with Crippen molar-refractivity contribution in [3.05, 3.63) is 23.7 Å². The summed E-state index contributed by atoms with van der Waals surface area (Å²) in [4.78, 5) is 12.4. The van der Waals surface area contributed by atoms with Crippen molar-refractivity contribution in [2.24, 2.45) is 22.7 Å². The normalized spacial score (nSPS) is 44.2. The van der Waals surface area contributed by atoms with Gasteiger partial charge in [-0.1, -0.05) is 6.92 Å². The Balaban J connectivity index is 1.82. The molecule has 2 N–H and O–H groups in total. The highest BCUT2D eigenvalue weighted by Gasteiger charge is 2.65. The fourth-order valence-corrected chi connectivity index (χ4v) is 6.19. The van der Waals surface area contributed by atoms with Crippen LogP contribution in [0, 0.1) is 22.7 Å². The van der Waals surface area contributed by atoms with Crippen molar-refractivity contribution >= 4 is 5.97 Å². The van der Waals surface area contributed by atoms with E-state index >= 15 is 0 Å². The van der Waals surface area contributed by atoms with Crippen molar-refractivity contribution in [1.29, 1.82) is 0 Å². The standard InChI is InChI=1S/C19H26O5/c1-17(9-20)14-5-6-19(10-21)13-8-23-7-12(13)3-4-15(19)18(14,2)11-24-16(17)22/h7-8,14-15,20-21H,3-6,9-11H2,1-2H3/t14-,15+,17-,18+,19-/m1/s1. The minimum Gasteiger partial charge on any atom is -0.472 e. The van der Waals surface area contributed by atoms with E-state index in [0.717, 1.165) is 31.2 Å². The lowest BCUT2D eigenvalue weighted by atomic mass is 9.43. The minimum absolute atomic E-state index is 0.0642. The van der Waals surface area contributed by atoms with Gasteiger partial charge in [0.15, 0.2) is 0 Å². The third-order valence-electron chi connectivity index (χ3n) is 7.48. The molecule has 5 nitrogen and oxygen atoms in total. The molecule has 1 saturated heterocycles. The topological polar surface area (TPSA) is 79.9 Å². The van der Waals surface area contributed by atoms with Gasteiger partial charge in [0, 0.05) is 16.4 Å². The van der Waals surface area contributed by atoms with E-state index < -0.39 is 5.41 Å². The third kappa shape index (κ3) is 1.75. The van der Waals surface area contributed by atoms with E-state index in [1.807, 2.05) is 6.92 Å². The summed E-state index contributed by atoms with van der Waals surface area (Å²) in [6.45, 7) is 4.26. The van der Waals surface area contributed by atoms with Gasteiger partial charge in [-0.3, -0.25) is 4.79 Å². The zero-order valence-corrected chi connectivity index (χ0v) is 14.4. The maximum absolute atomic E-state index is 12.4. The molecule has 0 amide bonds. The molecule has 0 spiro atoms. The predicted molar refractivity (Wildman–Crippen MR) is 86.3 cm³/mol. The Morgan fingerprint density at radius 1 is 1.17 bits per heavy atom. The van der Waals surface area contributed by atoms with Crippen LogP contribution < -0.4 is 0 Å². The lowest BCUT2D eigenvalue weighted by Gasteiger charge is -2.62. The Hall–Kier alpha value is -1.33. The number of aliphatic hydroxyl groups excluding tert-OH is 2. The summed E-state index contributed by atoms with van der Waals surface area (Å²) >= 11 is 0. The van der Waals surface area contributed by atoms with Gasteiger partial charge < -0.3 is 19.4 Å². The molecule has 0 aromatic carbocycles. The molecule has 4 rings (SSSR count). The molecule has 0 unspecified atom stereocenters. The van der Waals surface area contributed by atoms with Crippen molar-refractivity contribution in [2.45, 2.75) is 44.9 Å². The van der Waals surface area contributed by atoms with Crippen molar-refractivity contribution in [3.63, 3.8) is 0 Å². The van der Waals surface area contributed by atoms with Crippen LogP contribution in [0.1, 0.15) is 44.2 Å². The number of aryl methyl sites for hydroxylation is 1. The van der Waals surface area contributed by atoms with E-state index in [9.17, 15) is 15.0 Å². The van der Waals surface area contributed by atoms with Gasteiger partial charge in [-0.05, 0) is 50.0 Å². The molecular formula is C19H26O5. The van der Waals surface area contributed by atoms with Crippen LogP contribution >= 0.6 is 0 Å². The molecule has 1 saturated carbocycles. The Morgan fingerprint density at radius 3 is 2.67 bits per heavy atom. The Morgan fingerprint density at radius 2 is 1.96 bits per heavy atom. The molecule has 132 valence electrons. The number of carbonyl (C=O) groups is 1. The largest absolute Gasteiger partial charge is 0.472 e. The lowest BCUT2D eigenvalue weighted by molar-refractivity contribution is -0.211. The predicted octanol–water partition coefficient (Wildman–Crippen LogP) is 2.04. The average Bonchev–Trinajstić information content (AvgIpc) is 3.08. The van der Waals surface area contributed by atoms with Crippen LogP contribution in [0.4, 0.5) is 0 Å². The molecule has 2 aliphatic carbocycles. The van der Waals surface area contributed by atoms with Gasteiger partial charge in [-0.25, -0.2) is 0 Å². The van der Waals surface area contributed by atoms with E-state index in [0.29, 0.717) is 6.61 Å². The van der Waals surface area contributed by atoms with Gasteiger partial charge in [0.2, 0.25) is 0 Å². The van der Waals surface area contributed by atoms with Crippen molar-refractivity contribution in [1.82, 2.24) is 0 Å². The summed E-state index contributed by atoms with van der Waals surface area (Å²) in [5, 5.41) is 20.3. The summed E-state index contributed by atoms with van der Waals surface area (Å²) < 4.78 is 11.0. The minimum atomic E-state index is -0.856. The van der Waals surface area contributed by atoms with Gasteiger partial charge >= 0.3 is 5.97 Å². The van der Waals surface area contributed by atoms with Crippen molar-refractivity contribution < 1.29 is 24.2 Å². The fraction of sp³-hybridized carbons (Fsp3) is 0.737. The summed E-state index contributed by atoms with van der Waals surface area (Å²) in [7, 11) is 0. The molecule has 0 bridgehead atoms. The number of ether oxygens (including phenoxy) is 1. The SMILES string of the molecule is C[C@]12COC(=O)[C@](C)(CO)[C@H]1CC[C@@]1(CO)c3cocc3CC[C@H]12. The fourth-order valence-electron chi connectivity index (χ4n) is 6.19. The first-order valence-electron chi connectivity index (χ1n) is 8.87. The lowest BCUT2D eigenvalue weighted by Crippen LogP contribution is -2.65. The van der Waals surface area contributed by atoms with E-state index in [1.165, 1.54) is 5.56 Å². The van der Waals surface area contributed by atoms with Gasteiger partial charge in [0.25, 0.3) is 0 Å².